The van der Waals surface area contributed by atoms with E-state index in [9.17, 15) is 9.59 Å². The monoisotopic (exact) mass is 329 g/mol. The molecule has 1 fully saturated rings. The normalized spacial score (nSPS) is 22.0. The second kappa shape index (κ2) is 6.20. The number of fused-ring (bicyclic) bond motifs is 1. The minimum absolute atomic E-state index is 0.00938. The Morgan fingerprint density at radius 2 is 2.04 bits per heavy atom. The first-order valence-corrected chi connectivity index (χ1v) is 8.87. The smallest absolute Gasteiger partial charge is 0.253 e. The van der Waals surface area contributed by atoms with Gasteiger partial charge in [0.1, 0.15) is 0 Å². The molecule has 2 aliphatic heterocycles. The molecule has 1 aromatic carbocycles. The molecule has 5 nitrogen and oxygen atoms in total. The van der Waals surface area contributed by atoms with Crippen LogP contribution in [-0.2, 0) is 10.2 Å². The number of carbonyl (C=O) groups excluding carboxylic acids is 2. The number of amides is 2. The fraction of sp³-hybridized carbons (Fsp3) is 0.579. The van der Waals surface area contributed by atoms with E-state index in [1.165, 1.54) is 0 Å². The second-order valence-corrected chi connectivity index (χ2v) is 7.25. The Hall–Kier alpha value is -1.88. The minimum atomic E-state index is -0.529. The molecule has 3 rings (SSSR count). The van der Waals surface area contributed by atoms with Crippen molar-refractivity contribution in [3.8, 4) is 0 Å². The van der Waals surface area contributed by atoms with Crippen molar-refractivity contribution in [2.75, 3.05) is 31.5 Å². The second-order valence-electron chi connectivity index (χ2n) is 7.25. The van der Waals surface area contributed by atoms with E-state index >= 15 is 0 Å². The van der Waals surface area contributed by atoms with Crippen molar-refractivity contribution in [3.05, 3.63) is 29.3 Å². The third kappa shape index (κ3) is 2.71. The van der Waals surface area contributed by atoms with E-state index in [4.69, 9.17) is 0 Å². The molecule has 130 valence electrons. The number of nitrogens with one attached hydrogen (secondary N) is 1. The summed E-state index contributed by atoms with van der Waals surface area (Å²) in [7, 11) is 0. The summed E-state index contributed by atoms with van der Waals surface area (Å²) in [5.74, 6) is 0.0521. The summed E-state index contributed by atoms with van der Waals surface area (Å²) in [6, 6.07) is 6.05. The molecule has 2 amide bonds. The molecule has 5 heteroatoms. The fourth-order valence-corrected chi connectivity index (χ4v) is 3.87. The summed E-state index contributed by atoms with van der Waals surface area (Å²) >= 11 is 0. The molecular formula is C19H27N3O2. The van der Waals surface area contributed by atoms with Gasteiger partial charge in [-0.1, -0.05) is 19.9 Å². The third-order valence-corrected chi connectivity index (χ3v) is 5.54. The van der Waals surface area contributed by atoms with Crippen molar-refractivity contribution < 1.29 is 9.59 Å². The van der Waals surface area contributed by atoms with E-state index in [1.54, 1.807) is 0 Å². The number of hydrogen-bond donors (Lipinski definition) is 1. The molecule has 0 radical (unpaired) electrons. The lowest BCUT2D eigenvalue weighted by molar-refractivity contribution is -0.119. The summed E-state index contributed by atoms with van der Waals surface area (Å²) in [5.41, 5.74) is 1.87. The van der Waals surface area contributed by atoms with Gasteiger partial charge in [-0.2, -0.15) is 0 Å². The zero-order chi connectivity index (χ0) is 17.5. The van der Waals surface area contributed by atoms with Crippen LogP contribution >= 0.6 is 0 Å². The predicted octanol–water partition coefficient (Wildman–Crippen LogP) is 2.47. The quantitative estimate of drug-likeness (QED) is 0.923. The van der Waals surface area contributed by atoms with Gasteiger partial charge in [0.15, 0.2) is 0 Å². The van der Waals surface area contributed by atoms with Crippen molar-refractivity contribution in [3.63, 3.8) is 0 Å². The van der Waals surface area contributed by atoms with Crippen LogP contribution in [0.15, 0.2) is 18.2 Å². The van der Waals surface area contributed by atoms with Crippen molar-refractivity contribution in [1.82, 2.24) is 9.80 Å². The summed E-state index contributed by atoms with van der Waals surface area (Å²) in [4.78, 5) is 29.2. The van der Waals surface area contributed by atoms with Crippen LogP contribution in [0.5, 0.6) is 0 Å². The van der Waals surface area contributed by atoms with Crippen LogP contribution in [0.3, 0.4) is 0 Å². The first-order chi connectivity index (χ1) is 11.4. The topological polar surface area (TPSA) is 52.6 Å². The number of likely N-dealkylation sites (tertiary alicyclic amines) is 1. The molecule has 1 aromatic rings. The zero-order valence-corrected chi connectivity index (χ0v) is 15.1. The number of anilines is 1. The molecule has 0 spiro atoms. The number of carbonyl (C=O) groups is 2. The summed E-state index contributed by atoms with van der Waals surface area (Å²) in [6.45, 7) is 11.8. The van der Waals surface area contributed by atoms with Crippen molar-refractivity contribution >= 4 is 17.5 Å². The first kappa shape index (κ1) is 17.0. The predicted molar refractivity (Wildman–Crippen MR) is 95.3 cm³/mol. The molecule has 1 atom stereocenters. The van der Waals surface area contributed by atoms with Crippen molar-refractivity contribution in [2.24, 2.45) is 0 Å². The van der Waals surface area contributed by atoms with E-state index in [0.717, 1.165) is 43.9 Å². The standard InChI is InChI=1S/C19H27N3O2/c1-5-21(6-2)14-9-10-22(12-14)17(23)13-7-8-15-16(11-13)20-18(24)19(15,3)4/h7-8,11,14H,5-6,9-10,12H2,1-4H3,(H,20,24). The van der Waals surface area contributed by atoms with Crippen molar-refractivity contribution in [2.45, 2.75) is 45.6 Å². The van der Waals surface area contributed by atoms with Gasteiger partial charge in [-0.05, 0) is 51.1 Å². The van der Waals surface area contributed by atoms with Crippen LogP contribution in [0, 0.1) is 0 Å². The van der Waals surface area contributed by atoms with Gasteiger partial charge in [0.25, 0.3) is 5.91 Å². The lowest BCUT2D eigenvalue weighted by Crippen LogP contribution is -2.38. The summed E-state index contributed by atoms with van der Waals surface area (Å²) in [5, 5.41) is 2.90. The van der Waals surface area contributed by atoms with Gasteiger partial charge < -0.3 is 10.2 Å². The molecule has 0 bridgehead atoms. The number of nitrogens with zero attached hydrogens (tertiary/aromatic N) is 2. The average Bonchev–Trinajstić information content (AvgIpc) is 3.12. The van der Waals surface area contributed by atoms with E-state index in [1.807, 2.05) is 36.9 Å². The van der Waals surface area contributed by atoms with Crippen LogP contribution in [0.2, 0.25) is 0 Å². The molecule has 0 aromatic heterocycles. The Morgan fingerprint density at radius 3 is 2.71 bits per heavy atom. The molecule has 1 saturated heterocycles. The number of benzene rings is 1. The van der Waals surface area contributed by atoms with Crippen LogP contribution < -0.4 is 5.32 Å². The third-order valence-electron chi connectivity index (χ3n) is 5.54. The lowest BCUT2D eigenvalue weighted by Gasteiger charge is -2.26. The molecule has 0 aliphatic carbocycles. The Labute approximate surface area is 144 Å². The van der Waals surface area contributed by atoms with Crippen LogP contribution in [0.25, 0.3) is 0 Å². The van der Waals surface area contributed by atoms with E-state index in [2.05, 4.69) is 24.1 Å². The summed E-state index contributed by atoms with van der Waals surface area (Å²) < 4.78 is 0. The van der Waals surface area contributed by atoms with Crippen LogP contribution in [0.4, 0.5) is 5.69 Å². The highest BCUT2D eigenvalue weighted by molar-refractivity contribution is 6.07. The van der Waals surface area contributed by atoms with E-state index in [-0.39, 0.29) is 11.8 Å². The highest BCUT2D eigenvalue weighted by Gasteiger charge is 2.39. The summed E-state index contributed by atoms with van der Waals surface area (Å²) in [6.07, 6.45) is 1.03. The molecule has 24 heavy (non-hydrogen) atoms. The molecular weight excluding hydrogens is 302 g/mol. The van der Waals surface area contributed by atoms with Gasteiger partial charge in [0.2, 0.25) is 5.91 Å². The zero-order valence-electron chi connectivity index (χ0n) is 15.1. The Balaban J connectivity index is 1.76. The van der Waals surface area contributed by atoms with Gasteiger partial charge in [-0.3, -0.25) is 14.5 Å². The van der Waals surface area contributed by atoms with E-state index < -0.39 is 5.41 Å². The molecule has 0 saturated carbocycles. The molecule has 1 unspecified atom stereocenters. The number of hydrogen-bond acceptors (Lipinski definition) is 3. The highest BCUT2D eigenvalue weighted by atomic mass is 16.2. The van der Waals surface area contributed by atoms with Crippen LogP contribution in [0.1, 0.15) is 50.0 Å². The van der Waals surface area contributed by atoms with Gasteiger partial charge in [-0.15, -0.1) is 0 Å². The maximum atomic E-state index is 12.8. The lowest BCUT2D eigenvalue weighted by atomic mass is 9.86. The molecule has 1 N–H and O–H groups in total. The number of rotatable bonds is 4. The van der Waals surface area contributed by atoms with Gasteiger partial charge in [0, 0.05) is 30.4 Å². The average molecular weight is 329 g/mol. The molecule has 2 aliphatic rings. The largest absolute Gasteiger partial charge is 0.337 e. The fourth-order valence-electron chi connectivity index (χ4n) is 3.87. The maximum Gasteiger partial charge on any atom is 0.253 e. The SMILES string of the molecule is CCN(CC)C1CCN(C(=O)c2ccc3c(c2)NC(=O)C3(C)C)C1. The Kier molecular flexibility index (Phi) is 4.38. The maximum absolute atomic E-state index is 12.8. The van der Waals surface area contributed by atoms with E-state index in [0.29, 0.717) is 11.6 Å². The number of likely N-dealkylation sites (N-methyl/N-ethyl adjacent to an activating group) is 1. The first-order valence-electron chi connectivity index (χ1n) is 8.87. The van der Waals surface area contributed by atoms with Gasteiger partial charge in [-0.25, -0.2) is 0 Å². The Bertz CT molecular complexity index is 665. The Morgan fingerprint density at radius 1 is 1.33 bits per heavy atom. The highest BCUT2D eigenvalue weighted by Crippen LogP contribution is 2.37. The minimum Gasteiger partial charge on any atom is -0.337 e. The van der Waals surface area contributed by atoms with Crippen molar-refractivity contribution in [1.29, 1.82) is 0 Å². The van der Waals surface area contributed by atoms with Gasteiger partial charge >= 0.3 is 0 Å². The van der Waals surface area contributed by atoms with Gasteiger partial charge in [0.05, 0.1) is 5.41 Å². The molecule has 2 heterocycles. The van der Waals surface area contributed by atoms with Crippen LogP contribution in [-0.4, -0.2) is 53.8 Å².